The van der Waals surface area contributed by atoms with E-state index in [1.54, 1.807) is 0 Å². The predicted octanol–water partition coefficient (Wildman–Crippen LogP) is 2.49. The number of ether oxygens (including phenoxy) is 1. The minimum atomic E-state index is -3.87. The van der Waals surface area contributed by atoms with E-state index in [4.69, 9.17) is 4.74 Å². The summed E-state index contributed by atoms with van der Waals surface area (Å²) < 4.78 is 56.6. The van der Waals surface area contributed by atoms with Crippen LogP contribution in [0.4, 0.5) is 14.5 Å². The normalized spacial score (nSPS) is 11.1. The summed E-state index contributed by atoms with van der Waals surface area (Å²) >= 11 is 0. The van der Waals surface area contributed by atoms with Gasteiger partial charge in [0.25, 0.3) is 0 Å². The Kier molecular flexibility index (Phi) is 7.33. The maximum absolute atomic E-state index is 13.4. The van der Waals surface area contributed by atoms with Crippen LogP contribution in [0.3, 0.4) is 0 Å². The number of nitrogens with zero attached hydrogens (tertiary/aromatic N) is 1. The van der Waals surface area contributed by atoms with Crippen LogP contribution < -0.4 is 14.4 Å². The number of sulfonamides is 1. The smallest absolute Gasteiger partial charge is 0.240 e. The Morgan fingerprint density at radius 1 is 1.11 bits per heavy atom. The third-order valence-corrected chi connectivity index (χ3v) is 5.04. The molecule has 0 aliphatic heterocycles. The maximum atomic E-state index is 13.4. The standard InChI is InChI=1S/C19H22F2N2O4S/c1-3-14-4-7-16(8-5-14)27-11-10-22-19(24)13-23(28(2,25)26)15-6-9-17(20)18(21)12-15/h4-9,12H,3,10-11,13H2,1-2H3,(H,22,24). The van der Waals surface area contributed by atoms with Gasteiger partial charge in [-0.15, -0.1) is 0 Å². The summed E-state index contributed by atoms with van der Waals surface area (Å²) in [6, 6.07) is 10.2. The van der Waals surface area contributed by atoms with Crippen molar-refractivity contribution in [2.75, 3.05) is 30.3 Å². The molecule has 0 bridgehead atoms. The molecule has 0 radical (unpaired) electrons. The molecule has 0 unspecified atom stereocenters. The second-order valence-corrected chi connectivity index (χ2v) is 7.97. The molecule has 2 rings (SSSR count). The first-order chi connectivity index (χ1) is 13.2. The quantitative estimate of drug-likeness (QED) is 0.642. The Morgan fingerprint density at radius 2 is 1.79 bits per heavy atom. The molecule has 0 heterocycles. The summed E-state index contributed by atoms with van der Waals surface area (Å²) in [5.74, 6) is -2.24. The van der Waals surface area contributed by atoms with Crippen molar-refractivity contribution < 1.29 is 26.7 Å². The van der Waals surface area contributed by atoms with E-state index in [1.807, 2.05) is 31.2 Å². The van der Waals surface area contributed by atoms with Gasteiger partial charge in [0.15, 0.2) is 11.6 Å². The van der Waals surface area contributed by atoms with Crippen LogP contribution in [0.15, 0.2) is 42.5 Å². The number of amides is 1. The SMILES string of the molecule is CCc1ccc(OCCNC(=O)CN(c2ccc(F)c(F)c2)S(C)(=O)=O)cc1. The van der Waals surface area contributed by atoms with Crippen LogP contribution in [0.25, 0.3) is 0 Å². The summed E-state index contributed by atoms with van der Waals surface area (Å²) in [6.07, 6.45) is 1.80. The van der Waals surface area contributed by atoms with Gasteiger partial charge in [-0.25, -0.2) is 17.2 Å². The van der Waals surface area contributed by atoms with Crippen LogP contribution in [-0.2, 0) is 21.2 Å². The number of hydrogen-bond donors (Lipinski definition) is 1. The zero-order valence-corrected chi connectivity index (χ0v) is 16.4. The van der Waals surface area contributed by atoms with Gasteiger partial charge in [0.1, 0.15) is 18.9 Å². The van der Waals surface area contributed by atoms with Crippen LogP contribution in [0.2, 0.25) is 0 Å². The molecular weight excluding hydrogens is 390 g/mol. The molecule has 0 aliphatic rings. The lowest BCUT2D eigenvalue weighted by molar-refractivity contribution is -0.119. The predicted molar refractivity (Wildman–Crippen MR) is 103 cm³/mol. The van der Waals surface area contributed by atoms with E-state index in [-0.39, 0.29) is 18.8 Å². The van der Waals surface area contributed by atoms with E-state index in [0.717, 1.165) is 30.9 Å². The highest BCUT2D eigenvalue weighted by Crippen LogP contribution is 2.20. The van der Waals surface area contributed by atoms with E-state index < -0.39 is 34.1 Å². The second kappa shape index (κ2) is 9.50. The zero-order valence-electron chi connectivity index (χ0n) is 15.6. The molecular formula is C19H22F2N2O4S. The van der Waals surface area contributed by atoms with E-state index in [9.17, 15) is 22.0 Å². The number of anilines is 1. The highest BCUT2D eigenvalue weighted by Gasteiger charge is 2.21. The Labute approximate surface area is 163 Å². The fourth-order valence-corrected chi connectivity index (χ4v) is 3.26. The fourth-order valence-electron chi connectivity index (χ4n) is 2.41. The van der Waals surface area contributed by atoms with Crippen molar-refractivity contribution in [2.45, 2.75) is 13.3 Å². The monoisotopic (exact) mass is 412 g/mol. The van der Waals surface area contributed by atoms with Gasteiger partial charge >= 0.3 is 0 Å². The summed E-state index contributed by atoms with van der Waals surface area (Å²) in [5.41, 5.74) is 1.04. The molecule has 1 amide bonds. The van der Waals surface area contributed by atoms with Crippen LogP contribution in [-0.4, -0.2) is 40.3 Å². The van der Waals surface area contributed by atoms with Crippen molar-refractivity contribution in [1.29, 1.82) is 0 Å². The van der Waals surface area contributed by atoms with Crippen LogP contribution in [0.5, 0.6) is 5.75 Å². The maximum Gasteiger partial charge on any atom is 0.240 e. The van der Waals surface area contributed by atoms with Gasteiger partial charge < -0.3 is 10.1 Å². The number of carbonyl (C=O) groups excluding carboxylic acids is 1. The lowest BCUT2D eigenvalue weighted by Gasteiger charge is -2.22. The molecule has 6 nitrogen and oxygen atoms in total. The molecule has 0 aliphatic carbocycles. The molecule has 0 saturated carbocycles. The number of hydrogen-bond acceptors (Lipinski definition) is 4. The summed E-state index contributed by atoms with van der Waals surface area (Å²) in [7, 11) is -3.87. The summed E-state index contributed by atoms with van der Waals surface area (Å²) in [6.45, 7) is 1.84. The van der Waals surface area contributed by atoms with E-state index >= 15 is 0 Å². The van der Waals surface area contributed by atoms with E-state index in [2.05, 4.69) is 5.32 Å². The zero-order chi connectivity index (χ0) is 20.7. The van der Waals surface area contributed by atoms with Gasteiger partial charge in [0.05, 0.1) is 18.5 Å². The number of halogens is 2. The van der Waals surface area contributed by atoms with Crippen LogP contribution >= 0.6 is 0 Å². The van der Waals surface area contributed by atoms with Gasteiger partial charge in [-0.05, 0) is 36.2 Å². The summed E-state index contributed by atoms with van der Waals surface area (Å²) in [5, 5.41) is 2.54. The number of rotatable bonds is 9. The lowest BCUT2D eigenvalue weighted by atomic mass is 10.2. The first-order valence-corrected chi connectivity index (χ1v) is 10.5. The highest BCUT2D eigenvalue weighted by atomic mass is 32.2. The van der Waals surface area contributed by atoms with Crippen LogP contribution in [0, 0.1) is 11.6 Å². The van der Waals surface area contributed by atoms with Crippen molar-refractivity contribution >= 4 is 21.6 Å². The third-order valence-electron chi connectivity index (χ3n) is 3.90. The van der Waals surface area contributed by atoms with Gasteiger partial charge in [0.2, 0.25) is 15.9 Å². The Hall–Kier alpha value is -2.68. The Bertz CT molecular complexity index is 918. The van der Waals surface area contributed by atoms with Crippen molar-refractivity contribution in [3.05, 3.63) is 59.7 Å². The molecule has 2 aromatic rings. The van der Waals surface area contributed by atoms with Crippen LogP contribution in [0.1, 0.15) is 12.5 Å². The topological polar surface area (TPSA) is 75.7 Å². The molecule has 9 heteroatoms. The van der Waals surface area contributed by atoms with Gasteiger partial charge in [-0.3, -0.25) is 9.10 Å². The van der Waals surface area contributed by atoms with E-state index in [1.165, 1.54) is 5.56 Å². The van der Waals surface area contributed by atoms with Gasteiger partial charge in [-0.1, -0.05) is 19.1 Å². The molecule has 28 heavy (non-hydrogen) atoms. The average molecular weight is 412 g/mol. The molecule has 0 saturated heterocycles. The summed E-state index contributed by atoms with van der Waals surface area (Å²) in [4.78, 5) is 12.1. The molecule has 1 N–H and O–H groups in total. The van der Waals surface area contributed by atoms with Gasteiger partial charge in [-0.2, -0.15) is 0 Å². The largest absolute Gasteiger partial charge is 0.492 e. The first-order valence-electron chi connectivity index (χ1n) is 8.62. The highest BCUT2D eigenvalue weighted by molar-refractivity contribution is 7.92. The molecule has 0 fully saturated rings. The van der Waals surface area contributed by atoms with Crippen molar-refractivity contribution in [2.24, 2.45) is 0 Å². The molecule has 0 atom stereocenters. The Morgan fingerprint density at radius 3 is 2.36 bits per heavy atom. The lowest BCUT2D eigenvalue weighted by Crippen LogP contribution is -2.41. The van der Waals surface area contributed by atoms with Crippen molar-refractivity contribution in [1.82, 2.24) is 5.32 Å². The van der Waals surface area contributed by atoms with Crippen molar-refractivity contribution in [3.63, 3.8) is 0 Å². The number of carbonyl (C=O) groups is 1. The van der Waals surface area contributed by atoms with Crippen molar-refractivity contribution in [3.8, 4) is 5.75 Å². The average Bonchev–Trinajstić information content (AvgIpc) is 2.65. The molecule has 0 spiro atoms. The number of nitrogens with one attached hydrogen (secondary N) is 1. The third kappa shape index (κ3) is 6.19. The number of benzene rings is 2. The minimum absolute atomic E-state index is 0.135. The molecule has 0 aromatic heterocycles. The Balaban J connectivity index is 1.90. The van der Waals surface area contributed by atoms with Gasteiger partial charge in [0, 0.05) is 6.07 Å². The fraction of sp³-hybridized carbons (Fsp3) is 0.316. The van der Waals surface area contributed by atoms with E-state index in [0.29, 0.717) is 10.1 Å². The molecule has 152 valence electrons. The first kappa shape index (κ1) is 21.6. The minimum Gasteiger partial charge on any atom is -0.492 e. The number of aryl methyl sites for hydroxylation is 1. The molecule has 2 aromatic carbocycles. The second-order valence-electron chi connectivity index (χ2n) is 6.06.